The van der Waals surface area contributed by atoms with Crippen LogP contribution in [-0.4, -0.2) is 57.5 Å². The second-order valence-corrected chi connectivity index (χ2v) is 10.6. The molecular weight excluding hydrogens is 402 g/mol. The fourth-order valence-corrected chi connectivity index (χ4v) is 5.72. The van der Waals surface area contributed by atoms with Crippen molar-refractivity contribution in [3.8, 4) is 0 Å². The Bertz CT molecular complexity index is 1100. The van der Waals surface area contributed by atoms with Gasteiger partial charge < -0.3 is 15.5 Å². The van der Waals surface area contributed by atoms with Crippen molar-refractivity contribution >= 4 is 27.5 Å². The summed E-state index contributed by atoms with van der Waals surface area (Å²) in [6.45, 7) is 3.57. The van der Waals surface area contributed by atoms with Crippen LogP contribution in [0.5, 0.6) is 0 Å². The van der Waals surface area contributed by atoms with E-state index in [-0.39, 0.29) is 0 Å². The first-order valence-corrected chi connectivity index (χ1v) is 11.6. The van der Waals surface area contributed by atoms with E-state index >= 15 is 0 Å². The highest BCUT2D eigenvalue weighted by molar-refractivity contribution is 7.91. The Morgan fingerprint density at radius 1 is 1.23 bits per heavy atom. The maximum atomic E-state index is 13.0. The lowest BCUT2D eigenvalue weighted by Gasteiger charge is -2.33. The fraction of sp³-hybridized carbons (Fsp3) is 0.450. The van der Waals surface area contributed by atoms with Crippen molar-refractivity contribution in [2.75, 3.05) is 23.3 Å². The van der Waals surface area contributed by atoms with Gasteiger partial charge in [-0.05, 0) is 32.3 Å². The van der Waals surface area contributed by atoms with Gasteiger partial charge in [-0.3, -0.25) is 0 Å². The molecule has 0 radical (unpaired) electrons. The fourth-order valence-electron chi connectivity index (χ4n) is 4.31. The second kappa shape index (κ2) is 7.21. The lowest BCUT2D eigenvalue weighted by atomic mass is 10.0. The summed E-state index contributed by atoms with van der Waals surface area (Å²) in [5, 5.41) is 10.8. The van der Waals surface area contributed by atoms with Crippen LogP contribution in [-0.2, 0) is 10.0 Å². The van der Waals surface area contributed by atoms with E-state index in [0.29, 0.717) is 30.1 Å². The van der Waals surface area contributed by atoms with Gasteiger partial charge in [0.05, 0.1) is 18.1 Å². The molecule has 3 aliphatic rings. The summed E-state index contributed by atoms with van der Waals surface area (Å²) in [6, 6.07) is 2.94. The SMILES string of the molecule is CC1(S(=O)(=O)n2cc(Nc3nccc(N4C[C@H]5CC[C@@H](C4)N5)n3)cn2)C=CC=CC1. The number of anilines is 3. The van der Waals surface area contributed by atoms with Crippen molar-refractivity contribution in [3.63, 3.8) is 0 Å². The number of allylic oxidation sites excluding steroid dienone is 3. The molecule has 0 amide bonds. The maximum Gasteiger partial charge on any atom is 0.263 e. The lowest BCUT2D eigenvalue weighted by Crippen LogP contribution is -2.51. The van der Waals surface area contributed by atoms with Gasteiger partial charge in [0, 0.05) is 31.4 Å². The molecule has 30 heavy (non-hydrogen) atoms. The van der Waals surface area contributed by atoms with Crippen LogP contribution >= 0.6 is 0 Å². The first kappa shape index (κ1) is 19.3. The Labute approximate surface area is 176 Å². The molecule has 2 bridgehead atoms. The Kier molecular flexibility index (Phi) is 4.62. The van der Waals surface area contributed by atoms with Crippen molar-refractivity contribution in [1.82, 2.24) is 24.5 Å². The second-order valence-electron chi connectivity index (χ2n) is 8.32. The van der Waals surface area contributed by atoms with E-state index in [1.807, 2.05) is 18.2 Å². The topological polar surface area (TPSA) is 105 Å². The molecule has 0 spiro atoms. The Balaban J connectivity index is 1.33. The van der Waals surface area contributed by atoms with Crippen LogP contribution in [0.25, 0.3) is 0 Å². The highest BCUT2D eigenvalue weighted by atomic mass is 32.2. The minimum atomic E-state index is -3.69. The largest absolute Gasteiger partial charge is 0.353 e. The van der Waals surface area contributed by atoms with Crippen molar-refractivity contribution in [3.05, 3.63) is 49.0 Å². The maximum absolute atomic E-state index is 13.0. The van der Waals surface area contributed by atoms with Crippen LogP contribution in [0.15, 0.2) is 49.0 Å². The summed E-state index contributed by atoms with van der Waals surface area (Å²) in [6.07, 6.45) is 14.6. The van der Waals surface area contributed by atoms with Gasteiger partial charge >= 0.3 is 0 Å². The predicted molar refractivity (Wildman–Crippen MR) is 115 cm³/mol. The highest BCUT2D eigenvalue weighted by Gasteiger charge is 2.38. The first-order chi connectivity index (χ1) is 14.4. The van der Waals surface area contributed by atoms with Crippen molar-refractivity contribution < 1.29 is 8.42 Å². The van der Waals surface area contributed by atoms with Crippen LogP contribution in [0, 0.1) is 0 Å². The molecule has 2 fully saturated rings. The van der Waals surface area contributed by atoms with E-state index in [1.54, 1.807) is 25.3 Å². The van der Waals surface area contributed by atoms with Gasteiger partial charge in [-0.25, -0.2) is 13.4 Å². The minimum Gasteiger partial charge on any atom is -0.353 e. The van der Waals surface area contributed by atoms with Crippen LogP contribution in [0.1, 0.15) is 26.2 Å². The molecule has 4 heterocycles. The summed E-state index contributed by atoms with van der Waals surface area (Å²) < 4.78 is 26.1. The van der Waals surface area contributed by atoms with Gasteiger partial charge in [0.2, 0.25) is 5.95 Å². The van der Waals surface area contributed by atoms with E-state index in [1.165, 1.54) is 25.2 Å². The molecule has 0 saturated carbocycles. The summed E-state index contributed by atoms with van der Waals surface area (Å²) in [4.78, 5) is 11.2. The zero-order valence-electron chi connectivity index (χ0n) is 16.8. The number of fused-ring (bicyclic) bond motifs is 2. The first-order valence-electron chi connectivity index (χ1n) is 10.2. The van der Waals surface area contributed by atoms with Crippen LogP contribution < -0.4 is 15.5 Å². The van der Waals surface area contributed by atoms with E-state index in [4.69, 9.17) is 0 Å². The van der Waals surface area contributed by atoms with Gasteiger partial charge in [-0.2, -0.15) is 14.2 Å². The van der Waals surface area contributed by atoms with Gasteiger partial charge in [0.15, 0.2) is 0 Å². The van der Waals surface area contributed by atoms with Gasteiger partial charge in [-0.1, -0.05) is 24.3 Å². The van der Waals surface area contributed by atoms with E-state index < -0.39 is 14.8 Å². The predicted octanol–water partition coefficient (Wildman–Crippen LogP) is 1.81. The number of nitrogens with zero attached hydrogens (tertiary/aromatic N) is 5. The molecule has 3 atom stereocenters. The number of hydrogen-bond acceptors (Lipinski definition) is 8. The van der Waals surface area contributed by atoms with Crippen LogP contribution in [0.2, 0.25) is 0 Å². The third kappa shape index (κ3) is 3.39. The summed E-state index contributed by atoms with van der Waals surface area (Å²) in [5.74, 6) is 1.29. The Morgan fingerprint density at radius 3 is 2.77 bits per heavy atom. The Morgan fingerprint density at radius 2 is 2.03 bits per heavy atom. The number of aromatic nitrogens is 4. The summed E-state index contributed by atoms with van der Waals surface area (Å²) in [7, 11) is -3.69. The third-order valence-corrected chi connectivity index (χ3v) is 8.23. The average Bonchev–Trinajstić information content (AvgIpc) is 3.35. The van der Waals surface area contributed by atoms with Crippen LogP contribution in [0.3, 0.4) is 0 Å². The van der Waals surface area contributed by atoms with Gasteiger partial charge in [0.1, 0.15) is 10.6 Å². The highest BCUT2D eigenvalue weighted by Crippen LogP contribution is 2.29. The minimum absolute atomic E-state index is 0.409. The van der Waals surface area contributed by atoms with Gasteiger partial charge in [0.25, 0.3) is 10.0 Å². The molecule has 1 unspecified atom stereocenters. The molecule has 5 rings (SSSR count). The molecule has 0 aromatic carbocycles. The van der Waals surface area contributed by atoms with Crippen molar-refractivity contribution in [2.24, 2.45) is 0 Å². The summed E-state index contributed by atoms with van der Waals surface area (Å²) in [5.41, 5.74) is 0.523. The standard InChI is InChI=1S/C20H25N7O2S/c1-20(8-3-2-4-9-20)30(28,29)27-14-17(11-22-27)24-19-21-10-7-18(25-19)26-12-15-5-6-16(13-26)23-15/h2-4,7-8,10-11,14-16,23H,5-6,9,12-13H2,1H3,(H,21,24,25)/t15-,16+,20?. The number of nitrogens with one attached hydrogen (secondary N) is 2. The van der Waals surface area contributed by atoms with E-state index in [0.717, 1.165) is 23.0 Å². The molecule has 1 aliphatic carbocycles. The number of hydrogen-bond donors (Lipinski definition) is 2. The average molecular weight is 428 g/mol. The molecular formula is C20H25N7O2S. The normalized spacial score (nSPS) is 28.1. The lowest BCUT2D eigenvalue weighted by molar-refractivity contribution is 0.463. The smallest absolute Gasteiger partial charge is 0.263 e. The summed E-state index contributed by atoms with van der Waals surface area (Å²) >= 11 is 0. The zero-order chi connectivity index (χ0) is 20.8. The monoisotopic (exact) mass is 427 g/mol. The molecule has 2 aromatic rings. The number of rotatable bonds is 5. The van der Waals surface area contributed by atoms with Crippen molar-refractivity contribution in [2.45, 2.75) is 43.0 Å². The van der Waals surface area contributed by atoms with Crippen LogP contribution in [0.4, 0.5) is 17.5 Å². The number of piperazine rings is 1. The van der Waals surface area contributed by atoms with E-state index in [2.05, 4.69) is 30.6 Å². The molecule has 2 saturated heterocycles. The molecule has 2 N–H and O–H groups in total. The molecule has 2 aromatic heterocycles. The zero-order valence-corrected chi connectivity index (χ0v) is 17.6. The van der Waals surface area contributed by atoms with E-state index in [9.17, 15) is 8.42 Å². The Hall–Kier alpha value is -2.72. The molecule has 158 valence electrons. The molecule has 9 nitrogen and oxygen atoms in total. The van der Waals surface area contributed by atoms with Crippen molar-refractivity contribution in [1.29, 1.82) is 0 Å². The third-order valence-electron chi connectivity index (χ3n) is 6.05. The quantitative estimate of drug-likeness (QED) is 0.744. The molecule has 10 heteroatoms. The molecule has 2 aliphatic heterocycles. The van der Waals surface area contributed by atoms with Gasteiger partial charge in [-0.15, -0.1) is 0 Å².